The molecule has 118 valence electrons. The van der Waals surface area contributed by atoms with E-state index >= 15 is 0 Å². The molecule has 7 heteroatoms. The molecule has 1 aliphatic heterocycles. The van der Waals surface area contributed by atoms with Crippen molar-refractivity contribution in [1.29, 1.82) is 0 Å². The summed E-state index contributed by atoms with van der Waals surface area (Å²) in [5, 5.41) is 2.61. The van der Waals surface area contributed by atoms with E-state index in [1.807, 2.05) is 20.8 Å². The van der Waals surface area contributed by atoms with Crippen LogP contribution in [0, 0.1) is 5.92 Å². The van der Waals surface area contributed by atoms with E-state index < -0.39 is 6.04 Å². The van der Waals surface area contributed by atoms with Crippen LogP contribution in [0.25, 0.3) is 0 Å². The van der Waals surface area contributed by atoms with Gasteiger partial charge in [0.2, 0.25) is 11.8 Å². The summed E-state index contributed by atoms with van der Waals surface area (Å²) in [6.07, 6.45) is 0.852. The van der Waals surface area contributed by atoms with Gasteiger partial charge in [0.1, 0.15) is 0 Å². The minimum absolute atomic E-state index is 0. The summed E-state index contributed by atoms with van der Waals surface area (Å²) in [5.74, 6) is -0.286. The minimum Gasteiger partial charge on any atom is -0.377 e. The van der Waals surface area contributed by atoms with Gasteiger partial charge in [0.15, 0.2) is 0 Å². The van der Waals surface area contributed by atoms with Gasteiger partial charge in [-0.05, 0) is 12.3 Å². The summed E-state index contributed by atoms with van der Waals surface area (Å²) in [7, 11) is 0. The molecule has 0 bridgehead atoms. The number of hydrogen-bond acceptors (Lipinski definition) is 4. The monoisotopic (exact) mass is 307 g/mol. The molecule has 0 spiro atoms. The number of amides is 2. The zero-order chi connectivity index (χ0) is 14.4. The lowest BCUT2D eigenvalue weighted by Gasteiger charge is -2.35. The van der Waals surface area contributed by atoms with E-state index in [2.05, 4.69) is 5.32 Å². The van der Waals surface area contributed by atoms with Gasteiger partial charge in [-0.2, -0.15) is 0 Å². The average molecular weight is 308 g/mol. The number of carbonyl (C=O) groups excluding carboxylic acids is 2. The number of halogens is 1. The number of nitrogens with zero attached hydrogens (tertiary/aromatic N) is 1. The van der Waals surface area contributed by atoms with Crippen molar-refractivity contribution in [3.05, 3.63) is 0 Å². The minimum atomic E-state index is -0.570. The Morgan fingerprint density at radius 1 is 1.45 bits per heavy atom. The molecule has 1 heterocycles. The highest BCUT2D eigenvalue weighted by atomic mass is 35.5. The third-order valence-electron chi connectivity index (χ3n) is 3.45. The standard InChI is InChI=1S/C13H25N3O3.ClH/c1-4-10-8-19-6-5-16(10)11(17)7-15-13(18)12(14)9(2)3;/h9-10,12H,4-8,14H2,1-3H3,(H,15,18);1H/t10?,12-;/m0./s1. The van der Waals surface area contributed by atoms with Gasteiger partial charge < -0.3 is 20.7 Å². The second-order valence-electron chi connectivity index (χ2n) is 5.21. The number of ether oxygens (including phenoxy) is 1. The van der Waals surface area contributed by atoms with Crippen LogP contribution < -0.4 is 11.1 Å². The number of nitrogens with one attached hydrogen (secondary N) is 1. The molecule has 0 aliphatic carbocycles. The molecule has 0 saturated carbocycles. The highest BCUT2D eigenvalue weighted by molar-refractivity contribution is 5.87. The number of nitrogens with two attached hydrogens (primary N) is 1. The van der Waals surface area contributed by atoms with Crippen LogP contribution in [0.4, 0.5) is 0 Å². The van der Waals surface area contributed by atoms with Crippen LogP contribution in [0.1, 0.15) is 27.2 Å². The summed E-state index contributed by atoms with van der Waals surface area (Å²) in [6.45, 7) is 7.50. The van der Waals surface area contributed by atoms with E-state index in [-0.39, 0.29) is 42.7 Å². The third-order valence-corrected chi connectivity index (χ3v) is 3.45. The van der Waals surface area contributed by atoms with Crippen LogP contribution in [0.5, 0.6) is 0 Å². The molecule has 0 aromatic rings. The highest BCUT2D eigenvalue weighted by Crippen LogP contribution is 2.10. The molecule has 0 radical (unpaired) electrons. The SMILES string of the molecule is CCC1COCCN1C(=O)CNC(=O)[C@@H](N)C(C)C.Cl. The van der Waals surface area contributed by atoms with Gasteiger partial charge in [-0.1, -0.05) is 20.8 Å². The second kappa shape index (κ2) is 9.15. The molecule has 6 nitrogen and oxygen atoms in total. The fourth-order valence-electron chi connectivity index (χ4n) is 2.01. The number of hydrogen-bond donors (Lipinski definition) is 2. The molecule has 1 aliphatic rings. The number of morpholine rings is 1. The van der Waals surface area contributed by atoms with Gasteiger partial charge in [0, 0.05) is 6.54 Å². The van der Waals surface area contributed by atoms with E-state index in [9.17, 15) is 9.59 Å². The first-order valence-corrected chi connectivity index (χ1v) is 6.87. The Balaban J connectivity index is 0.00000361. The zero-order valence-electron chi connectivity index (χ0n) is 12.4. The lowest BCUT2D eigenvalue weighted by atomic mass is 10.1. The maximum absolute atomic E-state index is 12.1. The van der Waals surface area contributed by atoms with Crippen LogP contribution in [-0.2, 0) is 14.3 Å². The van der Waals surface area contributed by atoms with Gasteiger partial charge in [-0.3, -0.25) is 9.59 Å². The predicted octanol–water partition coefficient (Wildman–Crippen LogP) is 0.145. The maximum atomic E-state index is 12.1. The van der Waals surface area contributed by atoms with Crippen molar-refractivity contribution in [2.24, 2.45) is 11.7 Å². The summed E-state index contributed by atoms with van der Waals surface area (Å²) < 4.78 is 5.35. The zero-order valence-corrected chi connectivity index (χ0v) is 13.2. The van der Waals surface area contributed by atoms with Gasteiger partial charge >= 0.3 is 0 Å². The van der Waals surface area contributed by atoms with E-state index in [4.69, 9.17) is 10.5 Å². The van der Waals surface area contributed by atoms with E-state index in [1.165, 1.54) is 0 Å². The molecular weight excluding hydrogens is 282 g/mol. The molecule has 0 aromatic heterocycles. The summed E-state index contributed by atoms with van der Waals surface area (Å²) >= 11 is 0. The molecule has 1 saturated heterocycles. The summed E-state index contributed by atoms with van der Waals surface area (Å²) in [6, 6.07) is -0.462. The normalized spacial score (nSPS) is 20.2. The Bertz CT molecular complexity index is 326. The van der Waals surface area contributed by atoms with Crippen molar-refractivity contribution in [1.82, 2.24) is 10.2 Å². The second-order valence-corrected chi connectivity index (χ2v) is 5.21. The van der Waals surface area contributed by atoms with Crippen molar-refractivity contribution in [3.63, 3.8) is 0 Å². The average Bonchev–Trinajstić information content (AvgIpc) is 2.43. The third kappa shape index (κ3) is 5.26. The van der Waals surface area contributed by atoms with Crippen LogP contribution in [-0.4, -0.2) is 55.1 Å². The lowest BCUT2D eigenvalue weighted by Crippen LogP contribution is -2.53. The molecule has 2 atom stereocenters. The van der Waals surface area contributed by atoms with Gasteiger partial charge in [-0.15, -0.1) is 12.4 Å². The maximum Gasteiger partial charge on any atom is 0.242 e. The van der Waals surface area contributed by atoms with Crippen molar-refractivity contribution in [3.8, 4) is 0 Å². The molecule has 1 unspecified atom stereocenters. The predicted molar refractivity (Wildman–Crippen MR) is 79.7 cm³/mol. The fraction of sp³-hybridized carbons (Fsp3) is 0.846. The summed E-state index contributed by atoms with van der Waals surface area (Å²) in [5.41, 5.74) is 5.72. The van der Waals surface area contributed by atoms with Gasteiger partial charge in [0.25, 0.3) is 0 Å². The molecule has 3 N–H and O–H groups in total. The first kappa shape index (κ1) is 19.1. The van der Waals surface area contributed by atoms with Crippen molar-refractivity contribution in [2.75, 3.05) is 26.3 Å². The molecule has 0 aromatic carbocycles. The Labute approximate surface area is 126 Å². The van der Waals surface area contributed by atoms with E-state index in [0.717, 1.165) is 6.42 Å². The molecule has 20 heavy (non-hydrogen) atoms. The molecule has 1 fully saturated rings. The largest absolute Gasteiger partial charge is 0.377 e. The van der Waals surface area contributed by atoms with Crippen molar-refractivity contribution >= 4 is 24.2 Å². The highest BCUT2D eigenvalue weighted by Gasteiger charge is 2.26. The Kier molecular flexibility index (Phi) is 8.76. The van der Waals surface area contributed by atoms with Gasteiger partial charge in [0.05, 0.1) is 31.8 Å². The topological polar surface area (TPSA) is 84.7 Å². The first-order chi connectivity index (χ1) is 8.97. The fourth-order valence-corrected chi connectivity index (χ4v) is 2.01. The van der Waals surface area contributed by atoms with Crippen LogP contribution >= 0.6 is 12.4 Å². The Morgan fingerprint density at radius 2 is 2.10 bits per heavy atom. The van der Waals surface area contributed by atoms with Gasteiger partial charge in [-0.25, -0.2) is 0 Å². The summed E-state index contributed by atoms with van der Waals surface area (Å²) in [4.78, 5) is 25.6. The molecule has 1 rings (SSSR count). The molecule has 2 amide bonds. The van der Waals surface area contributed by atoms with E-state index in [1.54, 1.807) is 4.90 Å². The Hall–Kier alpha value is -0.850. The smallest absolute Gasteiger partial charge is 0.242 e. The van der Waals surface area contributed by atoms with Crippen LogP contribution in [0.15, 0.2) is 0 Å². The van der Waals surface area contributed by atoms with E-state index in [0.29, 0.717) is 19.8 Å². The van der Waals surface area contributed by atoms with Crippen molar-refractivity contribution < 1.29 is 14.3 Å². The number of carbonyl (C=O) groups is 2. The Morgan fingerprint density at radius 3 is 2.65 bits per heavy atom. The number of rotatable bonds is 5. The van der Waals surface area contributed by atoms with Crippen LogP contribution in [0.3, 0.4) is 0 Å². The first-order valence-electron chi connectivity index (χ1n) is 6.87. The quantitative estimate of drug-likeness (QED) is 0.757. The molecular formula is C13H26ClN3O3. The lowest BCUT2D eigenvalue weighted by molar-refractivity contribution is -0.140. The van der Waals surface area contributed by atoms with Crippen molar-refractivity contribution in [2.45, 2.75) is 39.3 Å². The van der Waals surface area contributed by atoms with Crippen LogP contribution in [0.2, 0.25) is 0 Å².